The van der Waals surface area contributed by atoms with Crippen molar-refractivity contribution in [3.05, 3.63) is 0 Å². The second kappa shape index (κ2) is 4.09. The van der Waals surface area contributed by atoms with Crippen LogP contribution in [-0.2, 0) is 0 Å². The average molecular weight is 153 g/mol. The van der Waals surface area contributed by atoms with Crippen molar-refractivity contribution in [3.8, 4) is 0 Å². The Balaban J connectivity index is 3.58. The van der Waals surface area contributed by atoms with Crippen LogP contribution in [0.15, 0.2) is 0 Å². The quantitative estimate of drug-likeness (QED) is 0.582. The number of alkyl halides is 1. The molecular formula is C6H13ClO2. The second-order valence-electron chi connectivity index (χ2n) is 2.44. The summed E-state index contributed by atoms with van der Waals surface area (Å²) in [5.74, 6) is 0.203. The summed E-state index contributed by atoms with van der Waals surface area (Å²) in [6.07, 6.45) is -0.785. The molecule has 56 valence electrons. The van der Waals surface area contributed by atoms with E-state index >= 15 is 0 Å². The fourth-order valence-corrected chi connectivity index (χ4v) is 0.625. The molecule has 0 unspecified atom stereocenters. The lowest BCUT2D eigenvalue weighted by Gasteiger charge is -2.17. The predicted octanol–water partition coefficient (Wildman–Crippen LogP) is 0.603. The smallest absolute Gasteiger partial charge is 0.0936 e. The molecule has 2 atom stereocenters. The Hall–Kier alpha value is 0.210. The molecule has 0 aromatic heterocycles. The van der Waals surface area contributed by atoms with Gasteiger partial charge in [-0.05, 0) is 5.92 Å². The van der Waals surface area contributed by atoms with Gasteiger partial charge < -0.3 is 10.2 Å². The monoisotopic (exact) mass is 152 g/mol. The molecule has 0 spiro atoms. The Morgan fingerprint density at radius 2 is 1.89 bits per heavy atom. The zero-order chi connectivity index (χ0) is 7.44. The Kier molecular flexibility index (Phi) is 4.19. The van der Waals surface area contributed by atoms with Crippen molar-refractivity contribution in [1.29, 1.82) is 0 Å². The van der Waals surface area contributed by atoms with Crippen LogP contribution in [0.2, 0.25) is 0 Å². The molecule has 0 aromatic rings. The maximum atomic E-state index is 8.91. The van der Waals surface area contributed by atoms with Gasteiger partial charge in [-0.3, -0.25) is 0 Å². The van der Waals surface area contributed by atoms with Gasteiger partial charge in [0.05, 0.1) is 18.1 Å². The molecule has 0 amide bonds. The van der Waals surface area contributed by atoms with Crippen LogP contribution in [0.1, 0.15) is 13.8 Å². The van der Waals surface area contributed by atoms with E-state index in [-0.39, 0.29) is 17.9 Å². The van der Waals surface area contributed by atoms with E-state index in [1.165, 1.54) is 0 Å². The van der Waals surface area contributed by atoms with E-state index in [1.807, 2.05) is 13.8 Å². The summed E-state index contributed by atoms with van der Waals surface area (Å²) in [6, 6.07) is 0. The van der Waals surface area contributed by atoms with Gasteiger partial charge in [0.2, 0.25) is 0 Å². The first-order chi connectivity index (χ1) is 4.09. The first-order valence-corrected chi connectivity index (χ1v) is 3.46. The number of hydrogen-bond donors (Lipinski definition) is 2. The number of rotatable bonds is 3. The largest absolute Gasteiger partial charge is 0.394 e. The molecule has 3 heteroatoms. The third-order valence-corrected chi connectivity index (χ3v) is 1.99. The average Bonchev–Trinajstić information content (AvgIpc) is 1.84. The molecule has 0 radical (unpaired) electrons. The lowest BCUT2D eigenvalue weighted by atomic mass is 10.1. The van der Waals surface area contributed by atoms with E-state index in [0.717, 1.165) is 0 Å². The minimum absolute atomic E-state index is 0.203. The molecule has 0 saturated carbocycles. The van der Waals surface area contributed by atoms with Crippen molar-refractivity contribution < 1.29 is 10.2 Å². The van der Waals surface area contributed by atoms with Gasteiger partial charge in [0, 0.05) is 0 Å². The van der Waals surface area contributed by atoms with E-state index in [0.29, 0.717) is 0 Å². The molecule has 0 aromatic carbocycles. The zero-order valence-electron chi connectivity index (χ0n) is 5.71. The Morgan fingerprint density at radius 3 is 2.00 bits per heavy atom. The van der Waals surface area contributed by atoms with E-state index < -0.39 is 6.10 Å². The van der Waals surface area contributed by atoms with Gasteiger partial charge in [0.1, 0.15) is 0 Å². The normalized spacial score (nSPS) is 18.0. The predicted molar refractivity (Wildman–Crippen MR) is 37.6 cm³/mol. The minimum atomic E-state index is -0.785. The zero-order valence-corrected chi connectivity index (χ0v) is 6.47. The summed E-state index contributed by atoms with van der Waals surface area (Å²) in [4.78, 5) is 0. The van der Waals surface area contributed by atoms with Gasteiger partial charge in [-0.15, -0.1) is 11.6 Å². The lowest BCUT2D eigenvalue weighted by Crippen LogP contribution is -2.28. The molecule has 0 aliphatic carbocycles. The molecule has 2 nitrogen and oxygen atoms in total. The summed E-state index contributed by atoms with van der Waals surface area (Å²) >= 11 is 5.66. The molecule has 0 aliphatic heterocycles. The topological polar surface area (TPSA) is 40.5 Å². The minimum Gasteiger partial charge on any atom is -0.394 e. The summed E-state index contributed by atoms with van der Waals surface area (Å²) in [6.45, 7) is 3.54. The van der Waals surface area contributed by atoms with Gasteiger partial charge >= 0.3 is 0 Å². The highest BCUT2D eigenvalue weighted by molar-refractivity contribution is 6.21. The van der Waals surface area contributed by atoms with Crippen LogP contribution in [0.5, 0.6) is 0 Å². The lowest BCUT2D eigenvalue weighted by molar-refractivity contribution is 0.0817. The van der Waals surface area contributed by atoms with Crippen LogP contribution < -0.4 is 0 Å². The van der Waals surface area contributed by atoms with Crippen molar-refractivity contribution in [1.82, 2.24) is 0 Å². The van der Waals surface area contributed by atoms with Gasteiger partial charge in [-0.25, -0.2) is 0 Å². The summed E-state index contributed by atoms with van der Waals surface area (Å²) < 4.78 is 0. The number of halogens is 1. The molecule has 0 rings (SSSR count). The number of aliphatic hydroxyl groups excluding tert-OH is 2. The van der Waals surface area contributed by atoms with Crippen molar-refractivity contribution in [2.24, 2.45) is 5.92 Å². The Morgan fingerprint density at radius 1 is 1.44 bits per heavy atom. The first kappa shape index (κ1) is 9.21. The second-order valence-corrected chi connectivity index (χ2v) is 2.94. The molecule has 0 aliphatic rings. The fourth-order valence-electron chi connectivity index (χ4n) is 0.545. The van der Waals surface area contributed by atoms with Crippen molar-refractivity contribution in [3.63, 3.8) is 0 Å². The summed E-state index contributed by atoms with van der Waals surface area (Å²) in [5, 5.41) is 17.0. The van der Waals surface area contributed by atoms with Crippen LogP contribution >= 0.6 is 11.6 Å². The van der Waals surface area contributed by atoms with E-state index in [4.69, 9.17) is 21.8 Å². The highest BCUT2D eigenvalue weighted by Crippen LogP contribution is 2.12. The van der Waals surface area contributed by atoms with Crippen LogP contribution in [0.25, 0.3) is 0 Å². The maximum Gasteiger partial charge on any atom is 0.0936 e. The van der Waals surface area contributed by atoms with Crippen molar-refractivity contribution in [2.75, 3.05) is 6.61 Å². The van der Waals surface area contributed by atoms with Gasteiger partial charge in [-0.2, -0.15) is 0 Å². The maximum absolute atomic E-state index is 8.91. The Labute approximate surface area is 60.5 Å². The summed E-state index contributed by atoms with van der Waals surface area (Å²) in [7, 11) is 0. The van der Waals surface area contributed by atoms with E-state index in [1.54, 1.807) is 0 Å². The molecule has 0 saturated heterocycles. The van der Waals surface area contributed by atoms with Gasteiger partial charge in [-0.1, -0.05) is 13.8 Å². The third-order valence-electron chi connectivity index (χ3n) is 1.19. The van der Waals surface area contributed by atoms with E-state index in [2.05, 4.69) is 0 Å². The highest BCUT2D eigenvalue weighted by atomic mass is 35.5. The van der Waals surface area contributed by atoms with Gasteiger partial charge in [0.15, 0.2) is 0 Å². The van der Waals surface area contributed by atoms with Crippen LogP contribution in [0.4, 0.5) is 0 Å². The fraction of sp³-hybridized carbons (Fsp3) is 1.00. The standard InChI is InChI=1S/C6H13ClO2/c1-4(2)6(7)5(9)3-8/h4-6,8-9H,3H2,1-2H3/t5-,6+/m0/s1. The summed E-state index contributed by atoms with van der Waals surface area (Å²) in [5.41, 5.74) is 0. The van der Waals surface area contributed by atoms with Crippen molar-refractivity contribution >= 4 is 11.6 Å². The number of hydrogen-bond acceptors (Lipinski definition) is 2. The molecule has 0 heterocycles. The van der Waals surface area contributed by atoms with Gasteiger partial charge in [0.25, 0.3) is 0 Å². The molecule has 0 fully saturated rings. The molecule has 0 bridgehead atoms. The van der Waals surface area contributed by atoms with Crippen LogP contribution in [-0.4, -0.2) is 28.3 Å². The van der Waals surface area contributed by atoms with E-state index in [9.17, 15) is 0 Å². The molecular weight excluding hydrogens is 140 g/mol. The van der Waals surface area contributed by atoms with Crippen LogP contribution in [0.3, 0.4) is 0 Å². The SMILES string of the molecule is CC(C)[C@@H](Cl)[C@@H](O)CO. The first-order valence-electron chi connectivity index (χ1n) is 3.02. The van der Waals surface area contributed by atoms with Crippen molar-refractivity contribution in [2.45, 2.75) is 25.3 Å². The Bertz CT molecular complexity index is 75.5. The van der Waals surface area contributed by atoms with Crippen LogP contribution in [0, 0.1) is 5.92 Å². The molecule has 9 heavy (non-hydrogen) atoms. The number of aliphatic hydroxyl groups is 2. The third kappa shape index (κ3) is 3.04. The molecule has 2 N–H and O–H groups in total. The highest BCUT2D eigenvalue weighted by Gasteiger charge is 2.18.